The van der Waals surface area contributed by atoms with Crippen molar-refractivity contribution in [2.75, 3.05) is 13.6 Å². The maximum atomic E-state index is 12.7. The second-order valence-electron chi connectivity index (χ2n) is 6.59. The molecule has 1 aromatic carbocycles. The average molecular weight is 401 g/mol. The zero-order valence-corrected chi connectivity index (χ0v) is 16.5. The first-order valence-corrected chi connectivity index (χ1v) is 9.35. The van der Waals surface area contributed by atoms with E-state index in [0.717, 1.165) is 11.1 Å². The fraction of sp³-hybridized carbons (Fsp3) is 0.300. The Bertz CT molecular complexity index is 899. The van der Waals surface area contributed by atoms with Gasteiger partial charge in [0.2, 0.25) is 5.91 Å². The van der Waals surface area contributed by atoms with Crippen LogP contribution in [0.4, 0.5) is 0 Å². The van der Waals surface area contributed by atoms with E-state index in [2.05, 4.69) is 4.98 Å². The number of amides is 1. The number of hydrogen-bond donors (Lipinski definition) is 0. The molecule has 0 spiro atoms. The van der Waals surface area contributed by atoms with Crippen LogP contribution in [0.2, 0.25) is 5.15 Å². The number of halogens is 1. The van der Waals surface area contributed by atoms with Crippen LogP contribution >= 0.6 is 11.6 Å². The lowest BCUT2D eigenvalue weighted by Gasteiger charge is -2.36. The van der Waals surface area contributed by atoms with Crippen molar-refractivity contribution in [3.05, 3.63) is 86.6 Å². The van der Waals surface area contributed by atoms with Gasteiger partial charge in [0.05, 0.1) is 10.8 Å². The number of aromatic nitrogens is 1. The maximum absolute atomic E-state index is 12.7. The smallest absolute Gasteiger partial charge is 0.294 e. The minimum atomic E-state index is -0.590. The van der Waals surface area contributed by atoms with Crippen molar-refractivity contribution >= 4 is 17.5 Å². The van der Waals surface area contributed by atoms with Gasteiger partial charge in [0, 0.05) is 32.8 Å². The van der Waals surface area contributed by atoms with Crippen molar-refractivity contribution in [3.8, 4) is 0 Å². The van der Waals surface area contributed by atoms with Crippen LogP contribution < -0.4 is 0 Å². The highest BCUT2D eigenvalue weighted by Crippen LogP contribution is 2.37. The zero-order chi connectivity index (χ0) is 20.3. The monoisotopic (exact) mass is 400 g/mol. The highest BCUT2D eigenvalue weighted by atomic mass is 35.5. The minimum Gasteiger partial charge on any atom is -0.348 e. The molecular formula is C20H21ClN4O3. The lowest BCUT2D eigenvalue weighted by Crippen LogP contribution is -2.43. The van der Waals surface area contributed by atoms with Crippen LogP contribution in [0.25, 0.3) is 0 Å². The lowest BCUT2D eigenvalue weighted by molar-refractivity contribution is -0.434. The van der Waals surface area contributed by atoms with E-state index in [9.17, 15) is 14.9 Å². The van der Waals surface area contributed by atoms with Gasteiger partial charge in [-0.15, -0.1) is 0 Å². The van der Waals surface area contributed by atoms with E-state index < -0.39 is 5.92 Å². The van der Waals surface area contributed by atoms with E-state index in [1.807, 2.05) is 48.2 Å². The number of nitrogens with zero attached hydrogens (tertiary/aromatic N) is 4. The van der Waals surface area contributed by atoms with Gasteiger partial charge in [0.25, 0.3) is 5.70 Å². The van der Waals surface area contributed by atoms with Gasteiger partial charge in [0.1, 0.15) is 5.15 Å². The normalized spacial score (nSPS) is 17.0. The molecule has 28 heavy (non-hydrogen) atoms. The summed E-state index contributed by atoms with van der Waals surface area (Å²) in [5, 5.41) is 12.5. The first-order valence-electron chi connectivity index (χ1n) is 8.97. The molecule has 1 amide bonds. The zero-order valence-electron chi connectivity index (χ0n) is 15.7. The molecule has 3 rings (SSSR count). The number of rotatable bonds is 6. The molecule has 2 heterocycles. The fourth-order valence-corrected chi connectivity index (χ4v) is 3.57. The Morgan fingerprint density at radius 1 is 1.29 bits per heavy atom. The van der Waals surface area contributed by atoms with Crippen LogP contribution in [0.1, 0.15) is 30.4 Å². The molecule has 7 nitrogen and oxygen atoms in total. The van der Waals surface area contributed by atoms with E-state index in [1.165, 1.54) is 4.90 Å². The molecule has 0 fully saturated rings. The molecule has 1 unspecified atom stereocenters. The van der Waals surface area contributed by atoms with Crippen molar-refractivity contribution in [1.82, 2.24) is 14.8 Å². The topological polar surface area (TPSA) is 79.6 Å². The summed E-state index contributed by atoms with van der Waals surface area (Å²) < 4.78 is 0. The summed E-state index contributed by atoms with van der Waals surface area (Å²) in [5.74, 6) is -0.415. The van der Waals surface area contributed by atoms with Gasteiger partial charge < -0.3 is 4.90 Å². The number of benzene rings is 1. The highest BCUT2D eigenvalue weighted by molar-refractivity contribution is 6.29. The molecule has 1 aromatic heterocycles. The molecule has 1 atom stereocenters. The Hall–Kier alpha value is -2.93. The quantitative estimate of drug-likeness (QED) is 0.420. The van der Waals surface area contributed by atoms with Crippen LogP contribution in [-0.4, -0.2) is 39.2 Å². The van der Waals surface area contributed by atoms with E-state index in [1.54, 1.807) is 19.3 Å². The molecule has 0 saturated carbocycles. The molecule has 0 aliphatic carbocycles. The number of nitro groups is 1. The van der Waals surface area contributed by atoms with Crippen molar-refractivity contribution in [2.24, 2.45) is 0 Å². The number of allylic oxidation sites excluding steroid dienone is 1. The highest BCUT2D eigenvalue weighted by Gasteiger charge is 2.42. The molecule has 0 bridgehead atoms. The Kier molecular flexibility index (Phi) is 5.94. The van der Waals surface area contributed by atoms with Crippen molar-refractivity contribution in [3.63, 3.8) is 0 Å². The molecule has 0 saturated heterocycles. The number of pyridine rings is 1. The number of hydrogen-bond acceptors (Lipinski definition) is 5. The van der Waals surface area contributed by atoms with E-state index in [0.29, 0.717) is 24.1 Å². The van der Waals surface area contributed by atoms with Crippen LogP contribution in [0.5, 0.6) is 0 Å². The lowest BCUT2D eigenvalue weighted by atomic mass is 9.89. The van der Waals surface area contributed by atoms with Crippen molar-refractivity contribution < 1.29 is 9.72 Å². The fourth-order valence-electron chi connectivity index (χ4n) is 3.45. The summed E-state index contributed by atoms with van der Waals surface area (Å²) in [6.07, 6.45) is 1.71. The molecular weight excluding hydrogens is 380 g/mol. The summed E-state index contributed by atoms with van der Waals surface area (Å²) in [7, 11) is 1.59. The van der Waals surface area contributed by atoms with Crippen LogP contribution in [0, 0.1) is 10.1 Å². The molecule has 146 valence electrons. The first-order chi connectivity index (χ1) is 13.4. The average Bonchev–Trinajstić information content (AvgIpc) is 2.70. The molecule has 1 aliphatic heterocycles. The van der Waals surface area contributed by atoms with Crippen molar-refractivity contribution in [1.29, 1.82) is 0 Å². The minimum absolute atomic E-state index is 0.0390. The maximum Gasteiger partial charge on any atom is 0.294 e. The molecule has 0 N–H and O–H groups in total. The second kappa shape index (κ2) is 8.39. The van der Waals surface area contributed by atoms with Gasteiger partial charge in [-0.25, -0.2) is 4.98 Å². The summed E-state index contributed by atoms with van der Waals surface area (Å²) in [5.41, 5.74) is 1.65. The summed E-state index contributed by atoms with van der Waals surface area (Å²) >= 11 is 5.85. The third kappa shape index (κ3) is 3.99. The van der Waals surface area contributed by atoms with Crippen LogP contribution in [-0.2, 0) is 11.3 Å². The number of carbonyl (C=O) groups excluding carboxylic acids is 1. The SMILES string of the molecule is CCN(Cc1ccc(Cl)nc1)C1=C([N+](=O)[O-])C(c2ccccc2)CC(=O)N1C. The van der Waals surface area contributed by atoms with E-state index in [4.69, 9.17) is 11.6 Å². The molecule has 8 heteroatoms. The summed E-state index contributed by atoms with van der Waals surface area (Å²) in [4.78, 5) is 31.7. The molecule has 2 aromatic rings. The Balaban J connectivity index is 2.08. The predicted octanol–water partition coefficient (Wildman–Crippen LogP) is 3.65. The van der Waals surface area contributed by atoms with E-state index >= 15 is 0 Å². The van der Waals surface area contributed by atoms with Gasteiger partial charge in [-0.05, 0) is 24.1 Å². The van der Waals surface area contributed by atoms with Gasteiger partial charge in [-0.1, -0.05) is 48.0 Å². The van der Waals surface area contributed by atoms with Gasteiger partial charge >= 0.3 is 0 Å². The second-order valence-corrected chi connectivity index (χ2v) is 6.98. The Morgan fingerprint density at radius 3 is 2.57 bits per heavy atom. The Labute approximate surface area is 168 Å². The Morgan fingerprint density at radius 2 is 2.00 bits per heavy atom. The third-order valence-corrected chi connectivity index (χ3v) is 5.10. The summed E-state index contributed by atoms with van der Waals surface area (Å²) in [6, 6.07) is 12.6. The van der Waals surface area contributed by atoms with Gasteiger partial charge in [-0.3, -0.25) is 19.8 Å². The predicted molar refractivity (Wildman–Crippen MR) is 106 cm³/mol. The standard InChI is InChI=1S/C20H21ClN4O3/c1-3-24(13-14-9-10-17(21)22-12-14)20-19(25(27)28)16(11-18(26)23(20)2)15-7-5-4-6-8-15/h4-10,12,16H,3,11,13H2,1-2H3. The van der Waals surface area contributed by atoms with Gasteiger partial charge in [-0.2, -0.15) is 0 Å². The summed E-state index contributed by atoms with van der Waals surface area (Å²) in [6.45, 7) is 2.78. The molecule has 1 aliphatic rings. The van der Waals surface area contributed by atoms with Crippen LogP contribution in [0.3, 0.4) is 0 Å². The van der Waals surface area contributed by atoms with Crippen molar-refractivity contribution in [2.45, 2.75) is 25.8 Å². The number of carbonyl (C=O) groups is 1. The van der Waals surface area contributed by atoms with Crippen LogP contribution in [0.15, 0.2) is 60.2 Å². The largest absolute Gasteiger partial charge is 0.348 e. The van der Waals surface area contributed by atoms with Gasteiger partial charge in [0.15, 0.2) is 5.82 Å². The third-order valence-electron chi connectivity index (χ3n) is 4.87. The van der Waals surface area contributed by atoms with E-state index in [-0.39, 0.29) is 22.9 Å². The first kappa shape index (κ1) is 19.8. The molecule has 0 radical (unpaired) electrons.